The molecule has 0 atom stereocenters. The maximum absolute atomic E-state index is 10.7. The van der Waals surface area contributed by atoms with Gasteiger partial charge < -0.3 is 14.7 Å². The molecule has 0 aliphatic carbocycles. The first-order valence-corrected chi connectivity index (χ1v) is 4.08. The van der Waals surface area contributed by atoms with Crippen LogP contribution in [0.4, 0.5) is 0 Å². The van der Waals surface area contributed by atoms with Gasteiger partial charge in [-0.15, -0.1) is 0 Å². The molecule has 0 saturated heterocycles. The summed E-state index contributed by atoms with van der Waals surface area (Å²) < 4.78 is 4.48. The van der Waals surface area contributed by atoms with Crippen LogP contribution in [0.1, 0.15) is 13.8 Å². The third kappa shape index (κ3) is 5.40. The molecule has 0 heterocycles. The van der Waals surface area contributed by atoms with E-state index < -0.39 is 30.0 Å². The van der Waals surface area contributed by atoms with Crippen molar-refractivity contribution in [2.45, 2.75) is 13.8 Å². The van der Waals surface area contributed by atoms with E-state index in [1.54, 1.807) is 6.92 Å². The second-order valence-corrected chi connectivity index (χ2v) is 2.38. The van der Waals surface area contributed by atoms with Crippen LogP contribution in [0.5, 0.6) is 0 Å². The third-order valence-electron chi connectivity index (χ3n) is 1.18. The SMILES string of the molecule is CCOC(=O)CON=C(C(C)=O)C(=O)O. The van der Waals surface area contributed by atoms with Gasteiger partial charge in [-0.3, -0.25) is 4.79 Å². The van der Waals surface area contributed by atoms with Crippen molar-refractivity contribution in [2.24, 2.45) is 5.16 Å². The van der Waals surface area contributed by atoms with E-state index in [4.69, 9.17) is 5.11 Å². The van der Waals surface area contributed by atoms with E-state index in [1.807, 2.05) is 0 Å². The number of carbonyl (C=O) groups is 3. The van der Waals surface area contributed by atoms with Crippen molar-refractivity contribution in [3.8, 4) is 0 Å². The third-order valence-corrected chi connectivity index (χ3v) is 1.18. The number of hydrogen-bond donors (Lipinski definition) is 1. The van der Waals surface area contributed by atoms with Crippen LogP contribution < -0.4 is 0 Å². The zero-order valence-electron chi connectivity index (χ0n) is 8.35. The average Bonchev–Trinajstić information content (AvgIpc) is 2.11. The van der Waals surface area contributed by atoms with Gasteiger partial charge in [-0.05, 0) is 6.92 Å². The van der Waals surface area contributed by atoms with Crippen LogP contribution in [0.15, 0.2) is 5.16 Å². The molecule has 84 valence electrons. The number of esters is 1. The first kappa shape index (κ1) is 13.1. The highest BCUT2D eigenvalue weighted by Gasteiger charge is 2.16. The van der Waals surface area contributed by atoms with Crippen LogP contribution in [0.25, 0.3) is 0 Å². The number of ether oxygens (including phenoxy) is 1. The summed E-state index contributed by atoms with van der Waals surface area (Å²) >= 11 is 0. The Hall–Kier alpha value is -1.92. The van der Waals surface area contributed by atoms with Gasteiger partial charge in [0, 0.05) is 6.92 Å². The second-order valence-electron chi connectivity index (χ2n) is 2.38. The monoisotopic (exact) mass is 217 g/mol. The van der Waals surface area contributed by atoms with Gasteiger partial charge in [0.05, 0.1) is 6.61 Å². The van der Waals surface area contributed by atoms with Crippen molar-refractivity contribution in [1.29, 1.82) is 0 Å². The standard InChI is InChI=1S/C8H11NO6/c1-3-14-6(11)4-15-9-7(5(2)10)8(12)13/h3-4H2,1-2H3,(H,12,13). The van der Waals surface area contributed by atoms with Gasteiger partial charge in [0.2, 0.25) is 12.3 Å². The normalized spacial score (nSPS) is 10.7. The summed E-state index contributed by atoms with van der Waals surface area (Å²) in [4.78, 5) is 36.1. The fourth-order valence-corrected chi connectivity index (χ4v) is 0.606. The lowest BCUT2D eigenvalue weighted by Crippen LogP contribution is -2.22. The van der Waals surface area contributed by atoms with E-state index in [9.17, 15) is 14.4 Å². The smallest absolute Gasteiger partial charge is 0.361 e. The summed E-state index contributed by atoms with van der Waals surface area (Å²) in [7, 11) is 0. The Balaban J connectivity index is 4.18. The average molecular weight is 217 g/mol. The Morgan fingerprint density at radius 3 is 2.33 bits per heavy atom. The van der Waals surface area contributed by atoms with Gasteiger partial charge >= 0.3 is 11.9 Å². The van der Waals surface area contributed by atoms with Crippen LogP contribution in [0.3, 0.4) is 0 Å². The number of nitrogens with zero attached hydrogens (tertiary/aromatic N) is 1. The molecule has 0 aliphatic rings. The van der Waals surface area contributed by atoms with Gasteiger partial charge in [-0.25, -0.2) is 9.59 Å². The summed E-state index contributed by atoms with van der Waals surface area (Å²) in [5.41, 5.74) is -0.765. The van der Waals surface area contributed by atoms with Crippen LogP contribution in [-0.4, -0.2) is 41.8 Å². The zero-order valence-corrected chi connectivity index (χ0v) is 8.35. The van der Waals surface area contributed by atoms with Crippen LogP contribution in [0, 0.1) is 0 Å². The van der Waals surface area contributed by atoms with E-state index in [1.165, 1.54) is 0 Å². The van der Waals surface area contributed by atoms with E-state index in [0.717, 1.165) is 6.92 Å². The largest absolute Gasteiger partial charge is 0.476 e. The highest BCUT2D eigenvalue weighted by atomic mass is 16.7. The van der Waals surface area contributed by atoms with Crippen molar-refractivity contribution in [1.82, 2.24) is 0 Å². The van der Waals surface area contributed by atoms with Crippen LogP contribution in [-0.2, 0) is 24.0 Å². The molecule has 0 bridgehead atoms. The topological polar surface area (TPSA) is 102 Å². The molecule has 0 saturated carbocycles. The lowest BCUT2D eigenvalue weighted by molar-refractivity contribution is -0.148. The highest BCUT2D eigenvalue weighted by molar-refractivity contribution is 6.63. The number of carboxylic acid groups (broad SMARTS) is 1. The van der Waals surface area contributed by atoms with Gasteiger partial charge in [0.25, 0.3) is 0 Å². The van der Waals surface area contributed by atoms with Crippen molar-refractivity contribution in [3.05, 3.63) is 0 Å². The van der Waals surface area contributed by atoms with Crippen LogP contribution in [0.2, 0.25) is 0 Å². The molecule has 0 radical (unpaired) electrons. The maximum Gasteiger partial charge on any atom is 0.361 e. The van der Waals surface area contributed by atoms with Gasteiger partial charge in [-0.1, -0.05) is 5.16 Å². The van der Waals surface area contributed by atoms with Crippen LogP contribution >= 0.6 is 0 Å². The van der Waals surface area contributed by atoms with Gasteiger partial charge in [0.15, 0.2) is 5.78 Å². The highest BCUT2D eigenvalue weighted by Crippen LogP contribution is 1.87. The molecule has 0 fully saturated rings. The predicted molar refractivity (Wildman–Crippen MR) is 48.3 cm³/mol. The zero-order chi connectivity index (χ0) is 11.8. The molecule has 0 rings (SSSR count). The van der Waals surface area contributed by atoms with Gasteiger partial charge in [-0.2, -0.15) is 0 Å². The lowest BCUT2D eigenvalue weighted by atomic mass is 10.3. The fraction of sp³-hybridized carbons (Fsp3) is 0.500. The Labute approximate surface area is 85.6 Å². The molecule has 0 unspecified atom stereocenters. The Morgan fingerprint density at radius 2 is 1.93 bits per heavy atom. The maximum atomic E-state index is 10.7. The summed E-state index contributed by atoms with van der Waals surface area (Å²) in [5, 5.41) is 11.5. The first-order chi connectivity index (χ1) is 6.99. The molecule has 0 spiro atoms. The first-order valence-electron chi connectivity index (χ1n) is 4.08. The molecular weight excluding hydrogens is 206 g/mol. The Bertz CT molecular complexity index is 280. The van der Waals surface area contributed by atoms with E-state index in [0.29, 0.717) is 0 Å². The number of hydrogen-bond acceptors (Lipinski definition) is 6. The molecule has 0 amide bonds. The molecule has 0 aromatic carbocycles. The van der Waals surface area contributed by atoms with E-state index in [-0.39, 0.29) is 6.61 Å². The molecule has 0 aliphatic heterocycles. The number of Topliss-reactive ketones (excluding diaryl/α,β-unsaturated/α-hetero) is 1. The van der Waals surface area contributed by atoms with E-state index >= 15 is 0 Å². The summed E-state index contributed by atoms with van der Waals surface area (Å²) in [6.45, 7) is 2.29. The summed E-state index contributed by atoms with van der Waals surface area (Å²) in [5.74, 6) is -2.95. The predicted octanol–water partition coefficient (Wildman–Crippen LogP) is -0.404. The molecule has 15 heavy (non-hydrogen) atoms. The lowest BCUT2D eigenvalue weighted by Gasteiger charge is -2.00. The quantitative estimate of drug-likeness (QED) is 0.281. The number of carboxylic acids is 1. The minimum Gasteiger partial charge on any atom is -0.476 e. The van der Waals surface area contributed by atoms with Crippen molar-refractivity contribution < 1.29 is 29.1 Å². The van der Waals surface area contributed by atoms with Gasteiger partial charge in [0.1, 0.15) is 0 Å². The number of ketones is 1. The molecule has 0 aromatic heterocycles. The van der Waals surface area contributed by atoms with E-state index in [2.05, 4.69) is 14.7 Å². The molecule has 0 aromatic rings. The van der Waals surface area contributed by atoms with Crippen molar-refractivity contribution in [2.75, 3.05) is 13.2 Å². The minimum atomic E-state index is -1.51. The number of rotatable bonds is 6. The second kappa shape index (κ2) is 6.52. The molecule has 7 heteroatoms. The molecule has 1 N–H and O–H groups in total. The Kier molecular flexibility index (Phi) is 5.69. The van der Waals surface area contributed by atoms with Crippen molar-refractivity contribution >= 4 is 23.4 Å². The van der Waals surface area contributed by atoms with Crippen molar-refractivity contribution in [3.63, 3.8) is 0 Å². The summed E-state index contributed by atoms with van der Waals surface area (Å²) in [6.07, 6.45) is 0. The number of oxime groups is 1. The number of aliphatic carboxylic acids is 1. The molecular formula is C8H11NO6. The number of carbonyl (C=O) groups excluding carboxylic acids is 2. The molecule has 7 nitrogen and oxygen atoms in total. The Morgan fingerprint density at radius 1 is 1.33 bits per heavy atom. The summed E-state index contributed by atoms with van der Waals surface area (Å²) in [6, 6.07) is 0. The fourth-order valence-electron chi connectivity index (χ4n) is 0.606. The minimum absolute atomic E-state index is 0.185.